The van der Waals surface area contributed by atoms with Gasteiger partial charge >= 0.3 is 5.97 Å². The van der Waals surface area contributed by atoms with Crippen molar-refractivity contribution < 1.29 is 19.1 Å². The molecule has 0 saturated carbocycles. The second-order valence-corrected chi connectivity index (χ2v) is 7.36. The highest BCUT2D eigenvalue weighted by atomic mass is 35.5. The van der Waals surface area contributed by atoms with Gasteiger partial charge in [-0.3, -0.25) is 9.59 Å². The minimum Gasteiger partial charge on any atom is -0.423 e. The van der Waals surface area contributed by atoms with Gasteiger partial charge in [-0.15, -0.1) is 0 Å². The molecule has 0 saturated heterocycles. The minimum absolute atomic E-state index is 0.203. The number of amides is 2. The van der Waals surface area contributed by atoms with Gasteiger partial charge in [0.1, 0.15) is 5.75 Å². The molecule has 0 aliphatic carbocycles. The predicted octanol–water partition coefficient (Wildman–Crippen LogP) is 4.22. The Morgan fingerprint density at radius 2 is 1.61 bits per heavy atom. The van der Waals surface area contributed by atoms with Crippen LogP contribution < -0.4 is 15.5 Å². The van der Waals surface area contributed by atoms with Gasteiger partial charge in [-0.05, 0) is 60.5 Å². The number of hydrogen-bond donors (Lipinski definition) is 2. The Morgan fingerprint density at radius 3 is 2.33 bits per heavy atom. The van der Waals surface area contributed by atoms with Gasteiger partial charge in [0.05, 0.1) is 22.4 Å². The van der Waals surface area contributed by atoms with Crippen molar-refractivity contribution in [3.8, 4) is 5.75 Å². The first-order chi connectivity index (χ1) is 16.0. The summed E-state index contributed by atoms with van der Waals surface area (Å²) in [4.78, 5) is 36.0. The van der Waals surface area contributed by atoms with Crippen LogP contribution in [-0.2, 0) is 4.79 Å². The van der Waals surface area contributed by atoms with Crippen LogP contribution in [0.15, 0.2) is 84.0 Å². The van der Waals surface area contributed by atoms with Crippen LogP contribution in [0, 0.1) is 0 Å². The normalized spacial score (nSPS) is 10.6. The fourth-order valence-electron chi connectivity index (χ4n) is 2.79. The Morgan fingerprint density at radius 1 is 0.909 bits per heavy atom. The minimum atomic E-state index is -0.438. The van der Waals surface area contributed by atoms with Crippen LogP contribution >= 0.6 is 11.6 Å². The monoisotopic (exact) mass is 463 g/mol. The number of rotatable bonds is 9. The van der Waals surface area contributed by atoms with Gasteiger partial charge in [0.15, 0.2) is 0 Å². The van der Waals surface area contributed by atoms with Crippen molar-refractivity contribution in [1.82, 2.24) is 10.7 Å². The second-order valence-electron chi connectivity index (χ2n) is 6.96. The molecule has 0 atom stereocenters. The highest BCUT2D eigenvalue weighted by Crippen LogP contribution is 2.15. The van der Waals surface area contributed by atoms with Crippen molar-refractivity contribution in [2.45, 2.75) is 12.8 Å². The molecule has 3 aromatic rings. The van der Waals surface area contributed by atoms with Crippen molar-refractivity contribution in [3.63, 3.8) is 0 Å². The van der Waals surface area contributed by atoms with Crippen molar-refractivity contribution in [3.05, 3.63) is 101 Å². The van der Waals surface area contributed by atoms with E-state index in [2.05, 4.69) is 15.8 Å². The molecule has 0 heterocycles. The maximum absolute atomic E-state index is 12.1. The fourth-order valence-corrected chi connectivity index (χ4v) is 3.01. The largest absolute Gasteiger partial charge is 0.423 e. The molecule has 0 unspecified atom stereocenters. The van der Waals surface area contributed by atoms with Gasteiger partial charge in [0.2, 0.25) is 5.91 Å². The zero-order valence-electron chi connectivity index (χ0n) is 17.7. The van der Waals surface area contributed by atoms with Crippen LogP contribution in [0.3, 0.4) is 0 Å². The molecule has 0 aliphatic rings. The standard InChI is InChI=1S/C25H22ClN3O4/c26-22-10-5-4-9-21(22)24(31)27-16-6-11-23(30)29-28-17-18-12-14-20(15-13-18)33-25(32)19-7-2-1-3-8-19/h1-5,7-10,12-15,17H,6,11,16H2,(H,27,31)(H,29,30)/b28-17+. The lowest BCUT2D eigenvalue weighted by molar-refractivity contribution is -0.121. The summed E-state index contributed by atoms with van der Waals surface area (Å²) < 4.78 is 5.31. The third-order valence-electron chi connectivity index (χ3n) is 4.49. The molecule has 33 heavy (non-hydrogen) atoms. The van der Waals surface area contributed by atoms with E-state index in [1.54, 1.807) is 72.8 Å². The molecule has 0 bridgehead atoms. The first-order valence-corrected chi connectivity index (χ1v) is 10.6. The Hall–Kier alpha value is -3.97. The molecular weight excluding hydrogens is 442 g/mol. The van der Waals surface area contributed by atoms with E-state index in [1.165, 1.54) is 6.21 Å². The van der Waals surface area contributed by atoms with Gasteiger partial charge < -0.3 is 10.1 Å². The fraction of sp³-hybridized carbons (Fsp3) is 0.120. The summed E-state index contributed by atoms with van der Waals surface area (Å²) in [5.41, 5.74) is 4.03. The molecule has 2 amide bonds. The Bertz CT molecular complexity index is 1130. The van der Waals surface area contributed by atoms with E-state index in [0.29, 0.717) is 34.9 Å². The Labute approximate surface area is 196 Å². The summed E-state index contributed by atoms with van der Waals surface area (Å²) in [6.45, 7) is 0.338. The van der Waals surface area contributed by atoms with Crippen LogP contribution in [0.2, 0.25) is 5.02 Å². The smallest absolute Gasteiger partial charge is 0.343 e. The van der Waals surface area contributed by atoms with Crippen LogP contribution in [0.4, 0.5) is 0 Å². The number of nitrogens with zero attached hydrogens (tertiary/aromatic N) is 1. The van der Waals surface area contributed by atoms with Crippen LogP contribution in [0.25, 0.3) is 0 Å². The summed E-state index contributed by atoms with van der Waals surface area (Å²) in [7, 11) is 0. The average Bonchev–Trinajstić information content (AvgIpc) is 2.83. The molecule has 0 radical (unpaired) electrons. The van der Waals surface area contributed by atoms with Crippen molar-refractivity contribution in [2.75, 3.05) is 6.54 Å². The molecule has 0 spiro atoms. The van der Waals surface area contributed by atoms with Gasteiger partial charge in [-0.25, -0.2) is 10.2 Å². The second kappa shape index (κ2) is 12.2. The number of carbonyl (C=O) groups excluding carboxylic acids is 3. The lowest BCUT2D eigenvalue weighted by Crippen LogP contribution is -2.26. The SMILES string of the molecule is O=C(CCCNC(=O)c1ccccc1Cl)N/N=C/c1ccc(OC(=O)c2ccccc2)cc1. The topological polar surface area (TPSA) is 96.9 Å². The number of benzene rings is 3. The zero-order valence-corrected chi connectivity index (χ0v) is 18.4. The molecule has 7 nitrogen and oxygen atoms in total. The molecule has 0 fully saturated rings. The number of esters is 1. The van der Waals surface area contributed by atoms with Crippen molar-refractivity contribution >= 4 is 35.6 Å². The highest BCUT2D eigenvalue weighted by molar-refractivity contribution is 6.33. The summed E-state index contributed by atoms with van der Waals surface area (Å²) >= 11 is 5.98. The first kappa shape index (κ1) is 23.7. The van der Waals surface area contributed by atoms with Crippen LogP contribution in [0.1, 0.15) is 39.1 Å². The number of halogens is 1. The average molecular weight is 464 g/mol. The van der Waals surface area contributed by atoms with Crippen LogP contribution in [-0.4, -0.2) is 30.5 Å². The van der Waals surface area contributed by atoms with Crippen molar-refractivity contribution in [1.29, 1.82) is 0 Å². The zero-order chi connectivity index (χ0) is 23.5. The molecular formula is C25H22ClN3O4. The maximum Gasteiger partial charge on any atom is 0.343 e. The van der Waals surface area contributed by atoms with Gasteiger partial charge in [0, 0.05) is 13.0 Å². The summed E-state index contributed by atoms with van der Waals surface area (Å²) in [5, 5.41) is 7.02. The lowest BCUT2D eigenvalue weighted by atomic mass is 10.2. The summed E-state index contributed by atoms with van der Waals surface area (Å²) in [5.74, 6) is -0.584. The third kappa shape index (κ3) is 7.59. The molecule has 2 N–H and O–H groups in total. The molecule has 8 heteroatoms. The van der Waals surface area contributed by atoms with Crippen molar-refractivity contribution in [2.24, 2.45) is 5.10 Å². The maximum atomic E-state index is 12.1. The Balaban J connectivity index is 1.36. The molecule has 3 rings (SSSR count). The van der Waals surface area contributed by atoms with E-state index in [0.717, 1.165) is 5.56 Å². The van der Waals surface area contributed by atoms with E-state index >= 15 is 0 Å². The number of ether oxygens (including phenoxy) is 1. The Kier molecular flexibility index (Phi) is 8.73. The van der Waals surface area contributed by atoms with Gasteiger partial charge in [-0.2, -0.15) is 5.10 Å². The quantitative estimate of drug-likeness (QED) is 0.163. The van der Waals surface area contributed by atoms with Gasteiger partial charge in [0.25, 0.3) is 5.91 Å². The number of carbonyl (C=O) groups is 3. The van der Waals surface area contributed by atoms with E-state index in [4.69, 9.17) is 16.3 Å². The molecule has 0 aliphatic heterocycles. The van der Waals surface area contributed by atoms with E-state index in [9.17, 15) is 14.4 Å². The number of hydrogen-bond acceptors (Lipinski definition) is 5. The molecule has 3 aromatic carbocycles. The summed E-state index contributed by atoms with van der Waals surface area (Å²) in [6, 6.07) is 22.2. The van der Waals surface area contributed by atoms with E-state index in [1.807, 2.05) is 6.07 Å². The highest BCUT2D eigenvalue weighted by Gasteiger charge is 2.09. The predicted molar refractivity (Wildman–Crippen MR) is 127 cm³/mol. The van der Waals surface area contributed by atoms with E-state index < -0.39 is 5.97 Å². The third-order valence-corrected chi connectivity index (χ3v) is 4.82. The number of hydrazone groups is 1. The molecule has 0 aromatic heterocycles. The van der Waals surface area contributed by atoms with E-state index in [-0.39, 0.29) is 18.2 Å². The number of nitrogens with one attached hydrogen (secondary N) is 2. The summed E-state index contributed by atoms with van der Waals surface area (Å²) in [6.07, 6.45) is 2.15. The van der Waals surface area contributed by atoms with Gasteiger partial charge in [-0.1, -0.05) is 41.9 Å². The first-order valence-electron chi connectivity index (χ1n) is 10.2. The van der Waals surface area contributed by atoms with Crippen LogP contribution in [0.5, 0.6) is 5.75 Å². The lowest BCUT2D eigenvalue weighted by Gasteiger charge is -2.06. The molecule has 168 valence electrons.